The fourth-order valence-electron chi connectivity index (χ4n) is 1.61. The molecule has 0 bridgehead atoms. The van der Waals surface area contributed by atoms with Crippen LogP contribution in [0.15, 0.2) is 12.1 Å². The molecule has 5 nitrogen and oxygen atoms in total. The molecule has 16 heavy (non-hydrogen) atoms. The van der Waals surface area contributed by atoms with Gasteiger partial charge in [0, 0.05) is 6.04 Å². The number of rotatable bonds is 4. The molecular weight excluding hydrogens is 230 g/mol. The molecule has 1 unspecified atom stereocenters. The lowest BCUT2D eigenvalue weighted by Crippen LogP contribution is -2.18. The summed E-state index contributed by atoms with van der Waals surface area (Å²) >= 11 is 5.72. The smallest absolute Gasteiger partial charge is 0.276 e. The van der Waals surface area contributed by atoms with Crippen molar-refractivity contribution < 1.29 is 4.92 Å². The van der Waals surface area contributed by atoms with E-state index in [1.54, 1.807) is 0 Å². The molecule has 1 aliphatic carbocycles. The molecule has 1 saturated carbocycles. The Bertz CT molecular complexity index is 421. The second kappa shape index (κ2) is 4.25. The Hall–Kier alpha value is -1.36. The van der Waals surface area contributed by atoms with E-state index in [4.69, 9.17) is 11.6 Å². The van der Waals surface area contributed by atoms with Crippen LogP contribution in [0.1, 0.15) is 19.8 Å². The first kappa shape index (κ1) is 11.1. The number of aromatic nitrogens is 1. The highest BCUT2D eigenvalue weighted by atomic mass is 35.5. The molecule has 1 heterocycles. The van der Waals surface area contributed by atoms with Gasteiger partial charge in [0.2, 0.25) is 0 Å². The molecule has 6 heteroatoms. The number of nitrogens with one attached hydrogen (secondary N) is 1. The number of hydrogen-bond donors (Lipinski definition) is 1. The van der Waals surface area contributed by atoms with Crippen molar-refractivity contribution in [3.05, 3.63) is 27.4 Å². The lowest BCUT2D eigenvalue weighted by molar-refractivity contribution is -0.384. The largest absolute Gasteiger partial charge is 0.367 e. The van der Waals surface area contributed by atoms with Gasteiger partial charge in [0.25, 0.3) is 5.69 Å². The van der Waals surface area contributed by atoms with Gasteiger partial charge in [-0.3, -0.25) is 10.1 Å². The number of nitro groups is 1. The number of halogens is 1. The van der Waals surface area contributed by atoms with Gasteiger partial charge in [-0.05, 0) is 25.7 Å². The van der Waals surface area contributed by atoms with Gasteiger partial charge in [-0.25, -0.2) is 4.98 Å². The second-order valence-electron chi connectivity index (χ2n) is 4.06. The summed E-state index contributed by atoms with van der Waals surface area (Å²) in [7, 11) is 0. The molecule has 2 rings (SSSR count). The first-order chi connectivity index (χ1) is 7.56. The van der Waals surface area contributed by atoms with E-state index in [2.05, 4.69) is 10.3 Å². The molecule has 0 saturated heterocycles. The summed E-state index contributed by atoms with van der Waals surface area (Å²) in [5.41, 5.74) is -0.0366. The third-order valence-electron chi connectivity index (χ3n) is 2.69. The zero-order valence-corrected chi connectivity index (χ0v) is 9.57. The Labute approximate surface area is 98.0 Å². The number of pyridine rings is 1. The lowest BCUT2D eigenvalue weighted by Gasteiger charge is -2.13. The molecule has 1 aliphatic rings. The van der Waals surface area contributed by atoms with Crippen LogP contribution >= 0.6 is 11.6 Å². The third kappa shape index (κ3) is 2.61. The summed E-state index contributed by atoms with van der Waals surface area (Å²) in [6, 6.07) is 2.94. The average Bonchev–Trinajstić information content (AvgIpc) is 2.99. The molecule has 1 aromatic rings. The van der Waals surface area contributed by atoms with E-state index >= 15 is 0 Å². The van der Waals surface area contributed by atoms with Gasteiger partial charge in [-0.2, -0.15) is 0 Å². The Morgan fingerprint density at radius 3 is 2.88 bits per heavy atom. The minimum Gasteiger partial charge on any atom is -0.367 e. The molecule has 86 valence electrons. The van der Waals surface area contributed by atoms with E-state index in [9.17, 15) is 10.1 Å². The predicted molar refractivity (Wildman–Crippen MR) is 61.7 cm³/mol. The summed E-state index contributed by atoms with van der Waals surface area (Å²) in [5.74, 6) is 1.12. The summed E-state index contributed by atoms with van der Waals surface area (Å²) in [4.78, 5) is 14.2. The molecule has 0 spiro atoms. The third-order valence-corrected chi connectivity index (χ3v) is 2.89. The normalized spacial score (nSPS) is 16.9. The standard InChI is InChI=1S/C10H12ClN3O2/c1-6(7-2-3-7)12-10-5-8(14(15)16)4-9(11)13-10/h4-7H,2-3H2,1H3,(H,12,13). The molecule has 1 atom stereocenters. The molecule has 0 aromatic carbocycles. The first-order valence-electron chi connectivity index (χ1n) is 5.15. The van der Waals surface area contributed by atoms with Crippen LogP contribution in [0, 0.1) is 16.0 Å². The highest BCUT2D eigenvalue weighted by molar-refractivity contribution is 6.29. The molecule has 1 fully saturated rings. The number of hydrogen-bond acceptors (Lipinski definition) is 4. The number of anilines is 1. The van der Waals surface area contributed by atoms with Crippen molar-refractivity contribution in [3.63, 3.8) is 0 Å². The average molecular weight is 242 g/mol. The van der Waals surface area contributed by atoms with Gasteiger partial charge in [-0.1, -0.05) is 11.6 Å². The van der Waals surface area contributed by atoms with Crippen LogP contribution in [0.5, 0.6) is 0 Å². The fraction of sp³-hybridized carbons (Fsp3) is 0.500. The first-order valence-corrected chi connectivity index (χ1v) is 5.52. The Balaban J connectivity index is 2.16. The van der Waals surface area contributed by atoms with Gasteiger partial charge < -0.3 is 5.32 Å². The molecule has 0 aliphatic heterocycles. The highest BCUT2D eigenvalue weighted by Gasteiger charge is 2.28. The molecule has 1 N–H and O–H groups in total. The second-order valence-corrected chi connectivity index (χ2v) is 4.45. The van der Waals surface area contributed by atoms with Gasteiger partial charge >= 0.3 is 0 Å². The SMILES string of the molecule is CC(Nc1cc([N+](=O)[O-])cc(Cl)n1)C1CC1. The van der Waals surface area contributed by atoms with Crippen molar-refractivity contribution in [1.82, 2.24) is 4.98 Å². The zero-order chi connectivity index (χ0) is 11.7. The van der Waals surface area contributed by atoms with Crippen LogP contribution in [-0.2, 0) is 0 Å². The quantitative estimate of drug-likeness (QED) is 0.500. The molecule has 0 amide bonds. The summed E-state index contributed by atoms with van der Waals surface area (Å²) in [6.07, 6.45) is 2.41. The van der Waals surface area contributed by atoms with Crippen LogP contribution in [0.25, 0.3) is 0 Å². The van der Waals surface area contributed by atoms with E-state index in [0.717, 1.165) is 0 Å². The Kier molecular flexibility index (Phi) is 2.96. The van der Waals surface area contributed by atoms with Crippen molar-refractivity contribution >= 4 is 23.1 Å². The van der Waals surface area contributed by atoms with Crippen molar-refractivity contribution in [2.75, 3.05) is 5.32 Å². The molecule has 1 aromatic heterocycles. The summed E-state index contributed by atoms with van der Waals surface area (Å²) in [5, 5.41) is 13.9. The predicted octanol–water partition coefficient (Wildman–Crippen LogP) is 2.85. The van der Waals surface area contributed by atoms with Gasteiger partial charge in [0.05, 0.1) is 17.1 Å². The Morgan fingerprint density at radius 1 is 1.62 bits per heavy atom. The van der Waals surface area contributed by atoms with Crippen molar-refractivity contribution in [3.8, 4) is 0 Å². The summed E-state index contributed by atoms with van der Waals surface area (Å²) in [6.45, 7) is 2.05. The van der Waals surface area contributed by atoms with Crippen LogP contribution < -0.4 is 5.32 Å². The van der Waals surface area contributed by atoms with Crippen molar-refractivity contribution in [1.29, 1.82) is 0 Å². The maximum atomic E-state index is 10.6. The van der Waals surface area contributed by atoms with E-state index in [1.807, 2.05) is 6.92 Å². The van der Waals surface area contributed by atoms with Crippen LogP contribution in [0.2, 0.25) is 5.15 Å². The van der Waals surface area contributed by atoms with E-state index in [0.29, 0.717) is 11.7 Å². The monoisotopic (exact) mass is 241 g/mol. The maximum absolute atomic E-state index is 10.6. The summed E-state index contributed by atoms with van der Waals surface area (Å²) < 4.78 is 0. The minimum absolute atomic E-state index is 0.0366. The van der Waals surface area contributed by atoms with E-state index in [1.165, 1.54) is 25.0 Å². The van der Waals surface area contributed by atoms with Gasteiger partial charge in [-0.15, -0.1) is 0 Å². The van der Waals surface area contributed by atoms with Crippen LogP contribution in [0.3, 0.4) is 0 Å². The fourth-order valence-corrected chi connectivity index (χ4v) is 1.81. The number of nitrogens with zero attached hydrogens (tertiary/aromatic N) is 2. The van der Waals surface area contributed by atoms with Crippen molar-refractivity contribution in [2.24, 2.45) is 5.92 Å². The van der Waals surface area contributed by atoms with Crippen LogP contribution in [0.4, 0.5) is 11.5 Å². The van der Waals surface area contributed by atoms with Gasteiger partial charge in [0.1, 0.15) is 11.0 Å². The maximum Gasteiger partial charge on any atom is 0.276 e. The topological polar surface area (TPSA) is 68.1 Å². The van der Waals surface area contributed by atoms with Crippen molar-refractivity contribution in [2.45, 2.75) is 25.8 Å². The van der Waals surface area contributed by atoms with Crippen LogP contribution in [-0.4, -0.2) is 15.9 Å². The molecular formula is C10H12ClN3O2. The van der Waals surface area contributed by atoms with Gasteiger partial charge in [0.15, 0.2) is 0 Å². The molecule has 0 radical (unpaired) electrons. The Morgan fingerprint density at radius 2 is 2.31 bits per heavy atom. The lowest BCUT2D eigenvalue weighted by atomic mass is 10.2. The highest BCUT2D eigenvalue weighted by Crippen LogP contribution is 2.34. The zero-order valence-electron chi connectivity index (χ0n) is 8.81. The van der Waals surface area contributed by atoms with E-state index < -0.39 is 4.92 Å². The van der Waals surface area contributed by atoms with E-state index in [-0.39, 0.29) is 16.9 Å². The minimum atomic E-state index is -0.472.